The largest absolute Gasteiger partial charge is 0.496 e. The molecule has 16 heavy (non-hydrogen) atoms. The van der Waals surface area contributed by atoms with Gasteiger partial charge in [-0.15, -0.1) is 0 Å². The number of hydrogen-bond donors (Lipinski definition) is 1. The number of methoxy groups -OCH3 is 1. The Balaban J connectivity index is 2.29. The molecule has 1 N–H and O–H groups in total. The van der Waals surface area contributed by atoms with Crippen molar-refractivity contribution in [2.75, 3.05) is 13.7 Å². The third-order valence-electron chi connectivity index (χ3n) is 3.18. The van der Waals surface area contributed by atoms with E-state index < -0.39 is 0 Å². The van der Waals surface area contributed by atoms with Crippen molar-refractivity contribution in [2.24, 2.45) is 0 Å². The summed E-state index contributed by atoms with van der Waals surface area (Å²) in [6.45, 7) is 3.24. The summed E-state index contributed by atoms with van der Waals surface area (Å²) in [7, 11) is 1.72. The molecule has 0 amide bonds. The van der Waals surface area contributed by atoms with Crippen molar-refractivity contribution in [1.29, 1.82) is 0 Å². The van der Waals surface area contributed by atoms with Gasteiger partial charge in [-0.25, -0.2) is 0 Å². The van der Waals surface area contributed by atoms with E-state index in [1.54, 1.807) is 7.11 Å². The Morgan fingerprint density at radius 3 is 2.81 bits per heavy atom. The number of rotatable bonds is 2. The highest BCUT2D eigenvalue weighted by Gasteiger charge is 2.17. The van der Waals surface area contributed by atoms with E-state index in [0.29, 0.717) is 6.04 Å². The Labute approximate surface area is 106 Å². The van der Waals surface area contributed by atoms with E-state index in [9.17, 15) is 0 Å². The van der Waals surface area contributed by atoms with Gasteiger partial charge in [0.1, 0.15) is 5.75 Å². The van der Waals surface area contributed by atoms with Crippen molar-refractivity contribution >= 4 is 15.9 Å². The summed E-state index contributed by atoms with van der Waals surface area (Å²) in [5.41, 5.74) is 2.58. The summed E-state index contributed by atoms with van der Waals surface area (Å²) < 4.78 is 6.45. The lowest BCUT2D eigenvalue weighted by atomic mass is 9.96. The van der Waals surface area contributed by atoms with E-state index in [4.69, 9.17) is 4.74 Å². The van der Waals surface area contributed by atoms with Crippen LogP contribution in [0.25, 0.3) is 0 Å². The minimum absolute atomic E-state index is 0.495. The highest BCUT2D eigenvalue weighted by atomic mass is 79.9. The fraction of sp³-hybridized carbons (Fsp3) is 0.538. The summed E-state index contributed by atoms with van der Waals surface area (Å²) in [5.74, 6) is 0.933. The van der Waals surface area contributed by atoms with Gasteiger partial charge in [0.05, 0.1) is 11.6 Å². The summed E-state index contributed by atoms with van der Waals surface area (Å²) in [6, 6.07) is 4.88. The minimum Gasteiger partial charge on any atom is -0.496 e. The quantitative estimate of drug-likeness (QED) is 0.896. The molecule has 3 heteroatoms. The molecule has 0 aromatic heterocycles. The first kappa shape index (κ1) is 11.9. The fourth-order valence-corrected chi connectivity index (χ4v) is 2.64. The number of benzene rings is 1. The maximum Gasteiger partial charge on any atom is 0.133 e. The first-order valence-electron chi connectivity index (χ1n) is 5.80. The van der Waals surface area contributed by atoms with Gasteiger partial charge >= 0.3 is 0 Å². The smallest absolute Gasteiger partial charge is 0.133 e. The zero-order valence-corrected chi connectivity index (χ0v) is 11.4. The highest BCUT2D eigenvalue weighted by Crippen LogP contribution is 2.33. The predicted octanol–water partition coefficient (Wildman–Crippen LogP) is 3.58. The third-order valence-corrected chi connectivity index (χ3v) is 4.19. The molecule has 1 aliphatic heterocycles. The molecule has 1 heterocycles. The van der Waals surface area contributed by atoms with Crippen molar-refractivity contribution in [2.45, 2.75) is 32.2 Å². The summed E-state index contributed by atoms with van der Waals surface area (Å²) in [6.07, 6.45) is 3.84. The van der Waals surface area contributed by atoms with Crippen molar-refractivity contribution < 1.29 is 4.74 Å². The van der Waals surface area contributed by atoms with Gasteiger partial charge < -0.3 is 10.1 Å². The molecule has 1 fully saturated rings. The lowest BCUT2D eigenvalue weighted by Gasteiger charge is -2.25. The zero-order valence-electron chi connectivity index (χ0n) is 9.85. The first-order chi connectivity index (χ1) is 7.72. The Kier molecular flexibility index (Phi) is 3.87. The minimum atomic E-state index is 0.495. The molecular formula is C13H18BrNO. The van der Waals surface area contributed by atoms with Gasteiger partial charge in [-0.05, 0) is 59.4 Å². The van der Waals surface area contributed by atoms with Crippen LogP contribution in [-0.4, -0.2) is 13.7 Å². The molecule has 1 atom stereocenters. The van der Waals surface area contributed by atoms with Crippen LogP contribution in [0.5, 0.6) is 5.75 Å². The lowest BCUT2D eigenvalue weighted by molar-refractivity contribution is 0.398. The Hall–Kier alpha value is -0.540. The van der Waals surface area contributed by atoms with Crippen LogP contribution in [-0.2, 0) is 0 Å². The van der Waals surface area contributed by atoms with Crippen LogP contribution in [0.4, 0.5) is 0 Å². The van der Waals surface area contributed by atoms with Crippen LogP contribution in [0.15, 0.2) is 16.6 Å². The van der Waals surface area contributed by atoms with Crippen LogP contribution in [0.1, 0.15) is 36.4 Å². The van der Waals surface area contributed by atoms with Gasteiger partial charge in [-0.1, -0.05) is 12.5 Å². The Bertz CT molecular complexity index is 372. The summed E-state index contributed by atoms with van der Waals surface area (Å²) in [4.78, 5) is 0. The second-order valence-electron chi connectivity index (χ2n) is 4.36. The van der Waals surface area contributed by atoms with Crippen molar-refractivity contribution in [1.82, 2.24) is 5.32 Å². The monoisotopic (exact) mass is 283 g/mol. The number of halogens is 1. The number of piperidine rings is 1. The number of nitrogens with one attached hydrogen (secondary N) is 1. The topological polar surface area (TPSA) is 21.3 Å². The summed E-state index contributed by atoms with van der Waals surface area (Å²) in [5, 5.41) is 3.56. The van der Waals surface area contributed by atoms with Gasteiger partial charge in [0, 0.05) is 6.04 Å². The van der Waals surface area contributed by atoms with E-state index in [2.05, 4.69) is 40.3 Å². The molecular weight excluding hydrogens is 266 g/mol. The van der Waals surface area contributed by atoms with E-state index in [1.807, 2.05) is 0 Å². The van der Waals surface area contributed by atoms with Crippen molar-refractivity contribution in [3.8, 4) is 5.75 Å². The summed E-state index contributed by atoms with van der Waals surface area (Å²) >= 11 is 3.55. The van der Waals surface area contributed by atoms with Crippen LogP contribution in [0, 0.1) is 6.92 Å². The van der Waals surface area contributed by atoms with Crippen molar-refractivity contribution in [3.63, 3.8) is 0 Å². The maximum atomic E-state index is 5.38. The fourth-order valence-electron chi connectivity index (χ4n) is 2.25. The maximum absolute atomic E-state index is 5.38. The average Bonchev–Trinajstić information content (AvgIpc) is 2.33. The van der Waals surface area contributed by atoms with E-state index >= 15 is 0 Å². The molecule has 1 aromatic carbocycles. The predicted molar refractivity (Wildman–Crippen MR) is 70.0 cm³/mol. The molecule has 0 radical (unpaired) electrons. The Morgan fingerprint density at radius 2 is 2.19 bits per heavy atom. The molecule has 88 valence electrons. The number of aryl methyl sites for hydroxylation is 1. The van der Waals surface area contributed by atoms with E-state index in [0.717, 1.165) is 16.8 Å². The van der Waals surface area contributed by atoms with E-state index in [1.165, 1.54) is 30.4 Å². The molecule has 1 aromatic rings. The van der Waals surface area contributed by atoms with Crippen molar-refractivity contribution in [3.05, 3.63) is 27.7 Å². The molecule has 2 rings (SSSR count). The SMILES string of the molecule is COc1cc(C2CCCCN2)cc(C)c1Br. The molecule has 1 aliphatic rings. The van der Waals surface area contributed by atoms with E-state index in [-0.39, 0.29) is 0 Å². The van der Waals surface area contributed by atoms with Crippen LogP contribution in [0.2, 0.25) is 0 Å². The molecule has 0 saturated carbocycles. The van der Waals surface area contributed by atoms with Crippen LogP contribution >= 0.6 is 15.9 Å². The number of ether oxygens (including phenoxy) is 1. The second-order valence-corrected chi connectivity index (χ2v) is 5.15. The van der Waals surface area contributed by atoms with Crippen LogP contribution in [0.3, 0.4) is 0 Å². The average molecular weight is 284 g/mol. The van der Waals surface area contributed by atoms with Gasteiger partial charge in [0.25, 0.3) is 0 Å². The molecule has 0 aliphatic carbocycles. The Morgan fingerprint density at radius 1 is 1.38 bits per heavy atom. The standard InChI is InChI=1S/C13H18BrNO/c1-9-7-10(8-12(16-2)13(9)14)11-5-3-4-6-15-11/h7-8,11,15H,3-6H2,1-2H3. The molecule has 1 saturated heterocycles. The first-order valence-corrected chi connectivity index (χ1v) is 6.59. The van der Waals surface area contributed by atoms with Gasteiger partial charge in [-0.2, -0.15) is 0 Å². The molecule has 2 nitrogen and oxygen atoms in total. The highest BCUT2D eigenvalue weighted by molar-refractivity contribution is 9.10. The zero-order chi connectivity index (χ0) is 11.5. The molecule has 0 bridgehead atoms. The number of hydrogen-bond acceptors (Lipinski definition) is 2. The molecule has 1 unspecified atom stereocenters. The van der Waals surface area contributed by atoms with Gasteiger partial charge in [-0.3, -0.25) is 0 Å². The lowest BCUT2D eigenvalue weighted by Crippen LogP contribution is -2.26. The normalized spacial score (nSPS) is 20.8. The van der Waals surface area contributed by atoms with Gasteiger partial charge in [0.2, 0.25) is 0 Å². The van der Waals surface area contributed by atoms with Crippen LogP contribution < -0.4 is 10.1 Å². The third kappa shape index (κ3) is 2.41. The van der Waals surface area contributed by atoms with Gasteiger partial charge in [0.15, 0.2) is 0 Å². The molecule has 0 spiro atoms. The second kappa shape index (κ2) is 5.19.